The zero-order valence-electron chi connectivity index (χ0n) is 14.2. The van der Waals surface area contributed by atoms with Crippen LogP contribution in [0.15, 0.2) is 30.6 Å². The van der Waals surface area contributed by atoms with E-state index in [1.165, 1.54) is 4.31 Å². The molecule has 0 aliphatic carbocycles. The number of rotatable bonds is 4. The number of fused-ring (bicyclic) bond motifs is 1. The van der Waals surface area contributed by atoms with E-state index in [9.17, 15) is 4.79 Å². The molecule has 0 aliphatic heterocycles. The summed E-state index contributed by atoms with van der Waals surface area (Å²) in [6, 6.07) is 5.25. The standard InChI is InChI=1S/C16H19N7OS/c1-4-23(25)16(24)20-14-6-5-12-15(19-14)18-13(9-17-12)11-7-8-22(21-11)10(2)3/h5-10,25H,4H2,1-3H3,(H,18,19,20,24). The van der Waals surface area contributed by atoms with Gasteiger partial charge >= 0.3 is 6.03 Å². The minimum Gasteiger partial charge on any atom is -0.291 e. The Kier molecular flexibility index (Phi) is 4.84. The molecular formula is C16H19N7OS. The highest BCUT2D eigenvalue weighted by Crippen LogP contribution is 2.19. The zero-order chi connectivity index (χ0) is 18.0. The average molecular weight is 357 g/mol. The number of pyridine rings is 1. The first-order valence-corrected chi connectivity index (χ1v) is 8.34. The third-order valence-corrected chi connectivity index (χ3v) is 4.04. The lowest BCUT2D eigenvalue weighted by Crippen LogP contribution is -2.27. The van der Waals surface area contributed by atoms with Crippen LogP contribution in [0.3, 0.4) is 0 Å². The van der Waals surface area contributed by atoms with Crippen LogP contribution >= 0.6 is 12.8 Å². The molecule has 2 amide bonds. The van der Waals surface area contributed by atoms with E-state index in [4.69, 9.17) is 0 Å². The molecule has 25 heavy (non-hydrogen) atoms. The Morgan fingerprint density at radius 2 is 2.08 bits per heavy atom. The SMILES string of the molecule is CCN(S)C(=O)Nc1ccc2ncc(-c3ccn(C(C)C)n3)nc2n1. The number of carbonyl (C=O) groups excluding carboxylic acids is 1. The first kappa shape index (κ1) is 17.2. The van der Waals surface area contributed by atoms with E-state index in [0.717, 1.165) is 5.69 Å². The lowest BCUT2D eigenvalue weighted by atomic mass is 10.3. The number of nitrogens with one attached hydrogen (secondary N) is 1. The highest BCUT2D eigenvalue weighted by atomic mass is 32.1. The normalized spacial score (nSPS) is 11.1. The number of anilines is 1. The van der Waals surface area contributed by atoms with Crippen molar-refractivity contribution in [2.24, 2.45) is 0 Å². The van der Waals surface area contributed by atoms with E-state index < -0.39 is 0 Å². The number of hydrogen-bond donors (Lipinski definition) is 2. The summed E-state index contributed by atoms with van der Waals surface area (Å²) in [5.41, 5.74) is 2.44. The van der Waals surface area contributed by atoms with E-state index in [-0.39, 0.29) is 12.1 Å². The number of aromatic nitrogens is 5. The van der Waals surface area contributed by atoms with Gasteiger partial charge in [-0.15, -0.1) is 0 Å². The molecule has 130 valence electrons. The lowest BCUT2D eigenvalue weighted by Gasteiger charge is -2.13. The van der Waals surface area contributed by atoms with Crippen molar-refractivity contribution in [3.8, 4) is 11.4 Å². The predicted octanol–water partition coefficient (Wildman–Crippen LogP) is 3.17. The molecule has 1 N–H and O–H groups in total. The van der Waals surface area contributed by atoms with Crippen LogP contribution in [-0.2, 0) is 0 Å². The summed E-state index contributed by atoms with van der Waals surface area (Å²) in [4.78, 5) is 25.1. The summed E-state index contributed by atoms with van der Waals surface area (Å²) in [6.45, 7) is 6.42. The van der Waals surface area contributed by atoms with Crippen LogP contribution in [0, 0.1) is 0 Å². The van der Waals surface area contributed by atoms with Crippen LogP contribution in [-0.4, -0.2) is 41.6 Å². The van der Waals surface area contributed by atoms with Crippen LogP contribution in [0.5, 0.6) is 0 Å². The highest BCUT2D eigenvalue weighted by Gasteiger charge is 2.11. The smallest absolute Gasteiger partial charge is 0.291 e. The van der Waals surface area contributed by atoms with Crippen molar-refractivity contribution in [2.45, 2.75) is 26.8 Å². The quantitative estimate of drug-likeness (QED) is 0.700. The number of hydrogen-bond acceptors (Lipinski definition) is 6. The van der Waals surface area contributed by atoms with Gasteiger partial charge in [-0.1, -0.05) is 12.8 Å². The van der Waals surface area contributed by atoms with Crippen molar-refractivity contribution in [1.29, 1.82) is 0 Å². The second kappa shape index (κ2) is 7.06. The lowest BCUT2D eigenvalue weighted by molar-refractivity contribution is 0.240. The fraction of sp³-hybridized carbons (Fsp3) is 0.312. The molecule has 0 saturated carbocycles. The van der Waals surface area contributed by atoms with Gasteiger partial charge in [0.1, 0.15) is 22.7 Å². The summed E-state index contributed by atoms with van der Waals surface area (Å²) < 4.78 is 3.11. The molecule has 0 fully saturated rings. The van der Waals surface area contributed by atoms with Gasteiger partial charge in [-0.2, -0.15) is 5.10 Å². The molecule has 0 spiro atoms. The monoisotopic (exact) mass is 357 g/mol. The minimum atomic E-state index is -0.350. The number of nitrogens with zero attached hydrogens (tertiary/aromatic N) is 6. The van der Waals surface area contributed by atoms with E-state index in [1.807, 2.05) is 23.9 Å². The van der Waals surface area contributed by atoms with E-state index in [0.29, 0.717) is 29.2 Å². The molecular weight excluding hydrogens is 338 g/mol. The van der Waals surface area contributed by atoms with Gasteiger partial charge in [-0.05, 0) is 39.0 Å². The maximum Gasteiger partial charge on any atom is 0.332 e. The molecule has 3 aromatic heterocycles. The number of amides is 2. The minimum absolute atomic E-state index is 0.268. The Hall–Kier alpha value is -2.68. The number of urea groups is 1. The molecule has 0 aliphatic rings. The molecule has 0 saturated heterocycles. The first-order valence-electron chi connectivity index (χ1n) is 7.94. The molecule has 3 rings (SSSR count). The Labute approximate surface area is 150 Å². The zero-order valence-corrected chi connectivity index (χ0v) is 15.1. The molecule has 0 unspecified atom stereocenters. The van der Waals surface area contributed by atoms with Gasteiger partial charge < -0.3 is 0 Å². The van der Waals surface area contributed by atoms with Gasteiger partial charge in [-0.3, -0.25) is 19.3 Å². The van der Waals surface area contributed by atoms with Gasteiger partial charge in [-0.25, -0.2) is 14.8 Å². The van der Waals surface area contributed by atoms with Crippen molar-refractivity contribution in [3.63, 3.8) is 0 Å². The van der Waals surface area contributed by atoms with Crippen LogP contribution in [0.25, 0.3) is 22.6 Å². The number of thiol groups is 1. The Bertz CT molecular complexity index is 908. The maximum atomic E-state index is 11.9. The van der Waals surface area contributed by atoms with Crippen molar-refractivity contribution in [1.82, 2.24) is 29.0 Å². The van der Waals surface area contributed by atoms with Crippen molar-refractivity contribution in [2.75, 3.05) is 11.9 Å². The largest absolute Gasteiger partial charge is 0.332 e. The van der Waals surface area contributed by atoms with Gasteiger partial charge in [0.15, 0.2) is 5.65 Å². The van der Waals surface area contributed by atoms with Crippen molar-refractivity contribution >= 4 is 35.8 Å². The Morgan fingerprint density at radius 3 is 2.76 bits per heavy atom. The summed E-state index contributed by atoms with van der Waals surface area (Å²) in [7, 11) is 0. The van der Waals surface area contributed by atoms with Crippen LogP contribution in [0.2, 0.25) is 0 Å². The predicted molar refractivity (Wildman–Crippen MR) is 99.3 cm³/mol. The number of carbonyl (C=O) groups is 1. The molecule has 9 heteroatoms. The third kappa shape index (κ3) is 3.71. The molecule has 3 aromatic rings. The van der Waals surface area contributed by atoms with Gasteiger partial charge in [0, 0.05) is 18.8 Å². The van der Waals surface area contributed by atoms with Crippen LogP contribution in [0.4, 0.5) is 10.6 Å². The summed E-state index contributed by atoms with van der Waals surface area (Å²) in [5, 5.41) is 7.17. The molecule has 3 heterocycles. The topological polar surface area (TPSA) is 88.8 Å². The van der Waals surface area contributed by atoms with Gasteiger partial charge in [0.25, 0.3) is 0 Å². The molecule has 0 radical (unpaired) electrons. The van der Waals surface area contributed by atoms with Gasteiger partial charge in [0.2, 0.25) is 0 Å². The fourth-order valence-electron chi connectivity index (χ4n) is 2.17. The first-order chi connectivity index (χ1) is 12.0. The summed E-state index contributed by atoms with van der Waals surface area (Å²) >= 11 is 4.07. The Morgan fingerprint density at radius 1 is 1.28 bits per heavy atom. The van der Waals surface area contributed by atoms with Gasteiger partial charge in [0.05, 0.1) is 6.20 Å². The molecule has 0 aromatic carbocycles. The second-order valence-corrected chi connectivity index (χ2v) is 6.20. The van der Waals surface area contributed by atoms with Crippen molar-refractivity contribution < 1.29 is 4.79 Å². The van der Waals surface area contributed by atoms with E-state index in [1.54, 1.807) is 18.3 Å². The van der Waals surface area contributed by atoms with Crippen LogP contribution in [0.1, 0.15) is 26.8 Å². The van der Waals surface area contributed by atoms with Crippen LogP contribution < -0.4 is 5.32 Å². The molecule has 8 nitrogen and oxygen atoms in total. The summed E-state index contributed by atoms with van der Waals surface area (Å²) in [5.74, 6) is 0.393. The Balaban J connectivity index is 1.91. The summed E-state index contributed by atoms with van der Waals surface area (Å²) in [6.07, 6.45) is 3.57. The molecule has 0 bridgehead atoms. The highest BCUT2D eigenvalue weighted by molar-refractivity contribution is 7.78. The van der Waals surface area contributed by atoms with E-state index in [2.05, 4.69) is 52.0 Å². The fourth-order valence-corrected chi connectivity index (χ4v) is 2.22. The van der Waals surface area contributed by atoms with Crippen molar-refractivity contribution in [3.05, 3.63) is 30.6 Å². The molecule has 0 atom stereocenters. The second-order valence-electron chi connectivity index (χ2n) is 5.72. The average Bonchev–Trinajstić information content (AvgIpc) is 3.10. The third-order valence-electron chi connectivity index (χ3n) is 3.58. The van der Waals surface area contributed by atoms with E-state index >= 15 is 0 Å². The maximum absolute atomic E-state index is 11.9.